The highest BCUT2D eigenvalue weighted by Gasteiger charge is 2.23. The van der Waals surface area contributed by atoms with Crippen LogP contribution < -0.4 is 0 Å². The molecule has 1 fully saturated rings. The third-order valence-corrected chi connectivity index (χ3v) is 4.55. The van der Waals surface area contributed by atoms with Crippen molar-refractivity contribution in [1.29, 1.82) is 0 Å². The fourth-order valence-electron chi connectivity index (χ4n) is 2.83. The highest BCUT2D eigenvalue weighted by molar-refractivity contribution is 6.34. The van der Waals surface area contributed by atoms with Crippen LogP contribution in [-0.2, 0) is 0 Å². The van der Waals surface area contributed by atoms with Crippen LogP contribution in [0.4, 0.5) is 0 Å². The zero-order chi connectivity index (χ0) is 13.8. The van der Waals surface area contributed by atoms with Gasteiger partial charge in [-0.25, -0.2) is 0 Å². The minimum Gasteiger partial charge on any atom is -0.304 e. The molecule has 1 aromatic carbocycles. The van der Waals surface area contributed by atoms with Crippen molar-refractivity contribution in [3.63, 3.8) is 0 Å². The Morgan fingerprint density at radius 2 is 2.00 bits per heavy atom. The van der Waals surface area contributed by atoms with Gasteiger partial charge in [-0.15, -0.1) is 0 Å². The van der Waals surface area contributed by atoms with Crippen molar-refractivity contribution in [3.05, 3.63) is 34.3 Å². The number of Topliss-reactive ketones (excluding diaryl/α,β-unsaturated/α-hetero) is 1. The molecule has 0 bridgehead atoms. The summed E-state index contributed by atoms with van der Waals surface area (Å²) in [7, 11) is 0. The van der Waals surface area contributed by atoms with E-state index in [1.807, 2.05) is 19.1 Å². The molecular weight excluding hydrogens is 258 g/mol. The molecular formula is C16H22ClNO. The number of rotatable bonds is 4. The SMILES string of the molecule is CCC(=O)c1cccc(C2CCN(CC)CC2)c1Cl. The van der Waals surface area contributed by atoms with Gasteiger partial charge in [0.05, 0.1) is 5.02 Å². The molecule has 1 aliphatic rings. The quantitative estimate of drug-likeness (QED) is 0.773. The molecule has 0 amide bonds. The van der Waals surface area contributed by atoms with E-state index < -0.39 is 0 Å². The summed E-state index contributed by atoms with van der Waals surface area (Å²) in [6, 6.07) is 5.90. The zero-order valence-corrected chi connectivity index (χ0v) is 12.5. The molecule has 1 saturated heterocycles. The van der Waals surface area contributed by atoms with Crippen LogP contribution in [0.15, 0.2) is 18.2 Å². The van der Waals surface area contributed by atoms with E-state index in [2.05, 4.69) is 17.9 Å². The summed E-state index contributed by atoms with van der Waals surface area (Å²) in [6.07, 6.45) is 2.78. The monoisotopic (exact) mass is 279 g/mol. The largest absolute Gasteiger partial charge is 0.304 e. The molecule has 1 aliphatic heterocycles. The maximum absolute atomic E-state index is 11.9. The Bertz CT molecular complexity index is 450. The van der Waals surface area contributed by atoms with Crippen molar-refractivity contribution in [2.45, 2.75) is 39.0 Å². The van der Waals surface area contributed by atoms with Crippen LogP contribution in [0.5, 0.6) is 0 Å². The van der Waals surface area contributed by atoms with Gasteiger partial charge >= 0.3 is 0 Å². The standard InChI is InChI=1S/C16H22ClNO/c1-3-15(19)14-7-5-6-13(16(14)17)12-8-10-18(4-2)11-9-12/h5-7,12H,3-4,8-11H2,1-2H3. The lowest BCUT2D eigenvalue weighted by Gasteiger charge is -2.31. The molecule has 19 heavy (non-hydrogen) atoms. The Morgan fingerprint density at radius 1 is 1.32 bits per heavy atom. The number of benzene rings is 1. The van der Waals surface area contributed by atoms with E-state index in [1.165, 1.54) is 0 Å². The predicted molar refractivity (Wildman–Crippen MR) is 80.2 cm³/mol. The number of hydrogen-bond donors (Lipinski definition) is 0. The first kappa shape index (κ1) is 14.5. The van der Waals surface area contributed by atoms with Crippen LogP contribution in [0.3, 0.4) is 0 Å². The molecule has 0 atom stereocenters. The van der Waals surface area contributed by atoms with Crippen molar-refractivity contribution in [2.75, 3.05) is 19.6 Å². The lowest BCUT2D eigenvalue weighted by Crippen LogP contribution is -2.32. The van der Waals surface area contributed by atoms with E-state index in [0.717, 1.165) is 38.0 Å². The molecule has 0 N–H and O–H groups in total. The van der Waals surface area contributed by atoms with Crippen LogP contribution in [0, 0.1) is 0 Å². The zero-order valence-electron chi connectivity index (χ0n) is 11.8. The van der Waals surface area contributed by atoms with Gasteiger partial charge in [0.15, 0.2) is 5.78 Å². The highest BCUT2D eigenvalue weighted by Crippen LogP contribution is 2.34. The summed E-state index contributed by atoms with van der Waals surface area (Å²) < 4.78 is 0. The van der Waals surface area contributed by atoms with E-state index in [0.29, 0.717) is 22.9 Å². The predicted octanol–water partition coefficient (Wildman–Crippen LogP) is 4.13. The number of piperidine rings is 1. The van der Waals surface area contributed by atoms with Crippen molar-refractivity contribution in [3.8, 4) is 0 Å². The van der Waals surface area contributed by atoms with Gasteiger partial charge in [0.2, 0.25) is 0 Å². The molecule has 104 valence electrons. The Hall–Kier alpha value is -0.860. The smallest absolute Gasteiger partial charge is 0.164 e. The Kier molecular flexibility index (Phi) is 5.00. The number of halogens is 1. The third kappa shape index (κ3) is 3.18. The first-order chi connectivity index (χ1) is 9.17. The minimum atomic E-state index is 0.137. The maximum atomic E-state index is 11.9. The molecule has 0 saturated carbocycles. The lowest BCUT2D eigenvalue weighted by atomic mass is 9.88. The second-order valence-electron chi connectivity index (χ2n) is 5.19. The lowest BCUT2D eigenvalue weighted by molar-refractivity contribution is 0.0988. The van der Waals surface area contributed by atoms with Crippen molar-refractivity contribution in [1.82, 2.24) is 4.90 Å². The number of ketones is 1. The molecule has 0 unspecified atom stereocenters. The Labute approximate surface area is 120 Å². The summed E-state index contributed by atoms with van der Waals surface area (Å²) in [5.74, 6) is 0.637. The second-order valence-corrected chi connectivity index (χ2v) is 5.57. The first-order valence-corrected chi connectivity index (χ1v) is 7.59. The molecule has 3 heteroatoms. The number of carbonyl (C=O) groups is 1. The van der Waals surface area contributed by atoms with Gasteiger partial charge in [-0.05, 0) is 50.0 Å². The number of nitrogens with zero attached hydrogens (tertiary/aromatic N) is 1. The van der Waals surface area contributed by atoms with Gasteiger partial charge < -0.3 is 4.90 Å². The van der Waals surface area contributed by atoms with E-state index in [4.69, 9.17) is 11.6 Å². The maximum Gasteiger partial charge on any atom is 0.164 e. The van der Waals surface area contributed by atoms with Crippen LogP contribution in [0.25, 0.3) is 0 Å². The summed E-state index contributed by atoms with van der Waals surface area (Å²) in [6.45, 7) is 7.46. The van der Waals surface area contributed by atoms with Crippen molar-refractivity contribution >= 4 is 17.4 Å². The minimum absolute atomic E-state index is 0.137. The fourth-order valence-corrected chi connectivity index (χ4v) is 3.22. The summed E-state index contributed by atoms with van der Waals surface area (Å²) in [4.78, 5) is 14.3. The highest BCUT2D eigenvalue weighted by atomic mass is 35.5. The summed E-state index contributed by atoms with van der Waals surface area (Å²) in [5, 5.41) is 0.685. The summed E-state index contributed by atoms with van der Waals surface area (Å²) >= 11 is 6.45. The van der Waals surface area contributed by atoms with Gasteiger partial charge in [-0.3, -0.25) is 4.79 Å². The molecule has 1 heterocycles. The van der Waals surface area contributed by atoms with E-state index in [1.54, 1.807) is 0 Å². The third-order valence-electron chi connectivity index (χ3n) is 4.12. The van der Waals surface area contributed by atoms with Gasteiger partial charge in [0.1, 0.15) is 0 Å². The van der Waals surface area contributed by atoms with Gasteiger partial charge in [0.25, 0.3) is 0 Å². The second kappa shape index (κ2) is 6.53. The Balaban J connectivity index is 2.19. The van der Waals surface area contributed by atoms with Crippen LogP contribution in [0.1, 0.15) is 54.9 Å². The molecule has 2 nitrogen and oxygen atoms in total. The van der Waals surface area contributed by atoms with Gasteiger partial charge in [0, 0.05) is 12.0 Å². The normalized spacial score (nSPS) is 17.6. The summed E-state index contributed by atoms with van der Waals surface area (Å²) in [5.41, 5.74) is 1.86. The van der Waals surface area contributed by atoms with E-state index >= 15 is 0 Å². The molecule has 0 spiro atoms. The van der Waals surface area contributed by atoms with Crippen molar-refractivity contribution < 1.29 is 4.79 Å². The number of likely N-dealkylation sites (tertiary alicyclic amines) is 1. The molecule has 2 rings (SSSR count). The van der Waals surface area contributed by atoms with Crippen LogP contribution >= 0.6 is 11.6 Å². The Morgan fingerprint density at radius 3 is 2.58 bits per heavy atom. The van der Waals surface area contributed by atoms with Crippen LogP contribution in [-0.4, -0.2) is 30.3 Å². The van der Waals surface area contributed by atoms with Gasteiger partial charge in [-0.1, -0.05) is 37.6 Å². The fraction of sp³-hybridized carbons (Fsp3) is 0.562. The average Bonchev–Trinajstić information content (AvgIpc) is 2.47. The molecule has 1 aromatic rings. The topological polar surface area (TPSA) is 20.3 Å². The number of hydrogen-bond acceptors (Lipinski definition) is 2. The molecule has 0 radical (unpaired) electrons. The molecule has 0 aromatic heterocycles. The van der Waals surface area contributed by atoms with E-state index in [-0.39, 0.29) is 5.78 Å². The average molecular weight is 280 g/mol. The number of carbonyl (C=O) groups excluding carboxylic acids is 1. The first-order valence-electron chi connectivity index (χ1n) is 7.21. The van der Waals surface area contributed by atoms with Crippen molar-refractivity contribution in [2.24, 2.45) is 0 Å². The van der Waals surface area contributed by atoms with Gasteiger partial charge in [-0.2, -0.15) is 0 Å². The molecule has 0 aliphatic carbocycles. The van der Waals surface area contributed by atoms with E-state index in [9.17, 15) is 4.79 Å². The van der Waals surface area contributed by atoms with Crippen LogP contribution in [0.2, 0.25) is 5.02 Å².